The molecule has 13 heavy (non-hydrogen) atoms. The van der Waals surface area contributed by atoms with Gasteiger partial charge in [-0.05, 0) is 25.3 Å². The summed E-state index contributed by atoms with van der Waals surface area (Å²) in [6.45, 7) is 6.81. The van der Waals surface area contributed by atoms with Crippen molar-refractivity contribution in [3.8, 4) is 0 Å². The molecule has 0 rings (SSSR count). The van der Waals surface area contributed by atoms with E-state index >= 15 is 0 Å². The second-order valence-corrected chi connectivity index (χ2v) is 3.70. The zero-order valence-electron chi connectivity index (χ0n) is 8.97. The third-order valence-corrected chi connectivity index (χ3v) is 2.19. The zero-order chi connectivity index (χ0) is 10.3. The fraction of sp³-hybridized carbons (Fsp3) is 0.900. The molecule has 1 unspecified atom stereocenters. The molecule has 0 bridgehead atoms. The van der Waals surface area contributed by atoms with Crippen LogP contribution in [0, 0.1) is 5.92 Å². The van der Waals surface area contributed by atoms with Crippen LogP contribution in [0.25, 0.3) is 0 Å². The van der Waals surface area contributed by atoms with Gasteiger partial charge in [0.1, 0.15) is 0 Å². The van der Waals surface area contributed by atoms with E-state index in [-0.39, 0.29) is 11.9 Å². The SMILES string of the molecule is CCC(=O)NC(CCCN)C(C)C. The Labute approximate surface area is 81.1 Å². The molecule has 0 radical (unpaired) electrons. The average molecular weight is 186 g/mol. The number of carbonyl (C=O) groups excluding carboxylic acids is 1. The number of amides is 1. The Morgan fingerprint density at radius 3 is 2.46 bits per heavy atom. The van der Waals surface area contributed by atoms with Crippen LogP contribution in [-0.4, -0.2) is 18.5 Å². The number of nitrogens with one attached hydrogen (secondary N) is 1. The van der Waals surface area contributed by atoms with E-state index in [2.05, 4.69) is 19.2 Å². The lowest BCUT2D eigenvalue weighted by molar-refractivity contribution is -0.121. The van der Waals surface area contributed by atoms with E-state index < -0.39 is 0 Å². The lowest BCUT2D eigenvalue weighted by atomic mass is 9.99. The van der Waals surface area contributed by atoms with E-state index in [0.717, 1.165) is 12.8 Å². The summed E-state index contributed by atoms with van der Waals surface area (Å²) < 4.78 is 0. The van der Waals surface area contributed by atoms with Crippen molar-refractivity contribution in [2.75, 3.05) is 6.54 Å². The molecule has 0 aromatic heterocycles. The highest BCUT2D eigenvalue weighted by atomic mass is 16.1. The van der Waals surface area contributed by atoms with Crippen molar-refractivity contribution in [2.24, 2.45) is 11.7 Å². The summed E-state index contributed by atoms with van der Waals surface area (Å²) in [6, 6.07) is 0.288. The van der Waals surface area contributed by atoms with Crippen LogP contribution in [0.5, 0.6) is 0 Å². The standard InChI is InChI=1S/C10H22N2O/c1-4-10(13)12-9(8(2)3)6-5-7-11/h8-9H,4-7,11H2,1-3H3,(H,12,13). The minimum atomic E-state index is 0.135. The highest BCUT2D eigenvalue weighted by Gasteiger charge is 2.13. The Kier molecular flexibility index (Phi) is 6.59. The molecule has 0 fully saturated rings. The average Bonchev–Trinajstić information content (AvgIpc) is 2.11. The molecule has 0 aromatic carbocycles. The second-order valence-electron chi connectivity index (χ2n) is 3.70. The van der Waals surface area contributed by atoms with E-state index in [1.54, 1.807) is 0 Å². The minimum Gasteiger partial charge on any atom is -0.353 e. The van der Waals surface area contributed by atoms with Gasteiger partial charge in [-0.15, -0.1) is 0 Å². The predicted octanol–water partition coefficient (Wildman–Crippen LogP) is 1.28. The molecule has 0 aliphatic rings. The molecule has 0 saturated heterocycles. The molecule has 0 aliphatic carbocycles. The van der Waals surface area contributed by atoms with Gasteiger partial charge in [-0.25, -0.2) is 0 Å². The summed E-state index contributed by atoms with van der Waals surface area (Å²) in [6.07, 6.45) is 2.53. The van der Waals surface area contributed by atoms with Crippen molar-refractivity contribution in [3.63, 3.8) is 0 Å². The van der Waals surface area contributed by atoms with Crippen molar-refractivity contribution in [1.29, 1.82) is 0 Å². The minimum absolute atomic E-state index is 0.135. The Balaban J connectivity index is 3.87. The molecule has 3 N–H and O–H groups in total. The summed E-state index contributed by atoms with van der Waals surface area (Å²) in [5.41, 5.74) is 5.43. The van der Waals surface area contributed by atoms with E-state index in [4.69, 9.17) is 5.73 Å². The van der Waals surface area contributed by atoms with Crippen LogP contribution in [0.1, 0.15) is 40.0 Å². The van der Waals surface area contributed by atoms with Crippen LogP contribution in [0.3, 0.4) is 0 Å². The van der Waals surface area contributed by atoms with E-state index in [1.165, 1.54) is 0 Å². The van der Waals surface area contributed by atoms with Crippen LogP contribution in [0.4, 0.5) is 0 Å². The normalized spacial score (nSPS) is 13.0. The fourth-order valence-electron chi connectivity index (χ4n) is 1.22. The Morgan fingerprint density at radius 2 is 2.08 bits per heavy atom. The van der Waals surface area contributed by atoms with Crippen LogP contribution in [-0.2, 0) is 4.79 Å². The van der Waals surface area contributed by atoms with Crippen LogP contribution >= 0.6 is 0 Å². The molecule has 1 amide bonds. The molecule has 0 heterocycles. The van der Waals surface area contributed by atoms with Crippen molar-refractivity contribution >= 4 is 5.91 Å². The fourth-order valence-corrected chi connectivity index (χ4v) is 1.22. The van der Waals surface area contributed by atoms with Gasteiger partial charge in [-0.2, -0.15) is 0 Å². The van der Waals surface area contributed by atoms with Gasteiger partial charge in [-0.1, -0.05) is 20.8 Å². The van der Waals surface area contributed by atoms with Crippen molar-refractivity contribution in [3.05, 3.63) is 0 Å². The van der Waals surface area contributed by atoms with Gasteiger partial charge in [0, 0.05) is 12.5 Å². The second kappa shape index (κ2) is 6.89. The lowest BCUT2D eigenvalue weighted by Gasteiger charge is -2.21. The maximum absolute atomic E-state index is 11.1. The van der Waals surface area contributed by atoms with Crippen LogP contribution < -0.4 is 11.1 Å². The summed E-state index contributed by atoms with van der Waals surface area (Å²) >= 11 is 0. The van der Waals surface area contributed by atoms with Gasteiger partial charge >= 0.3 is 0 Å². The monoisotopic (exact) mass is 186 g/mol. The van der Waals surface area contributed by atoms with E-state index in [0.29, 0.717) is 18.9 Å². The Morgan fingerprint density at radius 1 is 1.46 bits per heavy atom. The first-order chi connectivity index (χ1) is 6.11. The van der Waals surface area contributed by atoms with Gasteiger partial charge in [0.15, 0.2) is 0 Å². The van der Waals surface area contributed by atoms with E-state index in [9.17, 15) is 4.79 Å². The van der Waals surface area contributed by atoms with Crippen LogP contribution in [0.2, 0.25) is 0 Å². The maximum atomic E-state index is 11.1. The molecule has 3 heteroatoms. The number of hydrogen-bond acceptors (Lipinski definition) is 2. The third kappa shape index (κ3) is 5.64. The Bertz CT molecular complexity index is 146. The smallest absolute Gasteiger partial charge is 0.219 e. The zero-order valence-corrected chi connectivity index (χ0v) is 8.97. The van der Waals surface area contributed by atoms with Gasteiger partial charge in [0.25, 0.3) is 0 Å². The molecule has 0 spiro atoms. The quantitative estimate of drug-likeness (QED) is 0.656. The molecular weight excluding hydrogens is 164 g/mol. The molecule has 1 atom stereocenters. The number of nitrogens with two attached hydrogens (primary N) is 1. The third-order valence-electron chi connectivity index (χ3n) is 2.19. The molecular formula is C10H22N2O. The van der Waals surface area contributed by atoms with E-state index in [1.807, 2.05) is 6.92 Å². The Hall–Kier alpha value is -0.570. The summed E-state index contributed by atoms with van der Waals surface area (Å²) in [4.78, 5) is 11.1. The molecule has 0 saturated carbocycles. The van der Waals surface area contributed by atoms with Gasteiger partial charge in [0.2, 0.25) is 5.91 Å². The molecule has 3 nitrogen and oxygen atoms in total. The van der Waals surface area contributed by atoms with Crippen molar-refractivity contribution in [2.45, 2.75) is 46.1 Å². The summed E-state index contributed by atoms with van der Waals surface area (Å²) in [7, 11) is 0. The lowest BCUT2D eigenvalue weighted by Crippen LogP contribution is -2.38. The van der Waals surface area contributed by atoms with Crippen molar-refractivity contribution in [1.82, 2.24) is 5.32 Å². The first-order valence-corrected chi connectivity index (χ1v) is 5.11. The first-order valence-electron chi connectivity index (χ1n) is 5.11. The summed E-state index contributed by atoms with van der Waals surface area (Å²) in [5, 5.41) is 3.01. The van der Waals surface area contributed by atoms with Gasteiger partial charge in [-0.3, -0.25) is 4.79 Å². The number of carbonyl (C=O) groups is 1. The van der Waals surface area contributed by atoms with Gasteiger partial charge < -0.3 is 11.1 Å². The molecule has 0 aromatic rings. The highest BCUT2D eigenvalue weighted by molar-refractivity contribution is 5.75. The first kappa shape index (κ1) is 12.4. The topological polar surface area (TPSA) is 55.1 Å². The summed E-state index contributed by atoms with van der Waals surface area (Å²) in [5.74, 6) is 0.623. The largest absolute Gasteiger partial charge is 0.353 e. The molecule has 78 valence electrons. The number of rotatable bonds is 6. The molecule has 0 aliphatic heterocycles. The van der Waals surface area contributed by atoms with Crippen LogP contribution in [0.15, 0.2) is 0 Å². The van der Waals surface area contributed by atoms with Crippen molar-refractivity contribution < 1.29 is 4.79 Å². The highest BCUT2D eigenvalue weighted by Crippen LogP contribution is 2.08. The maximum Gasteiger partial charge on any atom is 0.219 e. The van der Waals surface area contributed by atoms with Gasteiger partial charge in [0.05, 0.1) is 0 Å². The predicted molar refractivity (Wildman–Crippen MR) is 55.3 cm³/mol. The number of hydrogen-bond donors (Lipinski definition) is 2.